The summed E-state index contributed by atoms with van der Waals surface area (Å²) in [6, 6.07) is 11.2. The lowest BCUT2D eigenvalue weighted by Gasteiger charge is -2.35. The fourth-order valence-corrected chi connectivity index (χ4v) is 3.88. The van der Waals surface area contributed by atoms with Crippen LogP contribution in [0.2, 0.25) is 0 Å². The van der Waals surface area contributed by atoms with Crippen LogP contribution in [0.3, 0.4) is 0 Å². The Kier molecular flexibility index (Phi) is 6.58. The van der Waals surface area contributed by atoms with Gasteiger partial charge in [0.05, 0.1) is 19.8 Å². The molecule has 4 rings (SSSR count). The second-order valence-electron chi connectivity index (χ2n) is 7.82. The van der Waals surface area contributed by atoms with Gasteiger partial charge in [-0.15, -0.1) is 0 Å². The van der Waals surface area contributed by atoms with Crippen molar-refractivity contribution in [2.24, 2.45) is 0 Å². The Morgan fingerprint density at radius 2 is 1.76 bits per heavy atom. The predicted molar refractivity (Wildman–Crippen MR) is 127 cm³/mol. The number of ether oxygens (including phenoxy) is 2. The Morgan fingerprint density at radius 3 is 2.45 bits per heavy atom. The zero-order chi connectivity index (χ0) is 23.4. The van der Waals surface area contributed by atoms with Gasteiger partial charge in [0.2, 0.25) is 0 Å². The quantitative estimate of drug-likeness (QED) is 0.615. The molecule has 172 valence electrons. The highest BCUT2D eigenvalue weighted by Gasteiger charge is 2.26. The molecule has 3 heterocycles. The van der Waals surface area contributed by atoms with Crippen molar-refractivity contribution in [3.8, 4) is 11.5 Å². The molecule has 0 unspecified atom stereocenters. The molecular weight excluding hydrogens is 420 g/mol. The number of para-hydroxylation sites is 1. The number of amides is 1. The molecule has 1 fully saturated rings. The van der Waals surface area contributed by atoms with E-state index in [-0.39, 0.29) is 5.91 Å². The molecule has 33 heavy (non-hydrogen) atoms. The van der Waals surface area contributed by atoms with Crippen molar-refractivity contribution < 1.29 is 14.3 Å². The first-order valence-corrected chi connectivity index (χ1v) is 10.8. The van der Waals surface area contributed by atoms with E-state index in [0.717, 1.165) is 17.2 Å². The second kappa shape index (κ2) is 9.72. The summed E-state index contributed by atoms with van der Waals surface area (Å²) in [6.45, 7) is 6.36. The van der Waals surface area contributed by atoms with Crippen molar-refractivity contribution in [3.05, 3.63) is 59.5 Å². The SMILES string of the molecule is COc1cccc(C(=O)N2CCN(c3cc(Nc4cc(C)ccn4)nc(C)n3)CC2)c1OC. The fourth-order valence-electron chi connectivity index (χ4n) is 3.88. The molecule has 2 aromatic heterocycles. The molecule has 0 spiro atoms. The van der Waals surface area contributed by atoms with E-state index in [0.29, 0.717) is 54.9 Å². The average molecular weight is 449 g/mol. The fraction of sp³-hybridized carbons (Fsp3) is 0.333. The lowest BCUT2D eigenvalue weighted by molar-refractivity contribution is 0.0742. The molecule has 1 aliphatic rings. The molecule has 0 atom stereocenters. The number of hydrogen-bond acceptors (Lipinski definition) is 8. The summed E-state index contributed by atoms with van der Waals surface area (Å²) < 4.78 is 10.8. The van der Waals surface area contributed by atoms with E-state index in [2.05, 4.69) is 25.2 Å². The Morgan fingerprint density at radius 1 is 0.970 bits per heavy atom. The number of carbonyl (C=O) groups is 1. The first-order valence-electron chi connectivity index (χ1n) is 10.8. The van der Waals surface area contributed by atoms with Crippen molar-refractivity contribution in [1.82, 2.24) is 19.9 Å². The van der Waals surface area contributed by atoms with E-state index in [1.165, 1.54) is 0 Å². The minimum atomic E-state index is -0.0721. The Hall–Kier alpha value is -3.88. The van der Waals surface area contributed by atoms with Crippen LogP contribution in [0.4, 0.5) is 17.5 Å². The number of carbonyl (C=O) groups excluding carboxylic acids is 1. The number of benzene rings is 1. The van der Waals surface area contributed by atoms with Crippen molar-refractivity contribution in [3.63, 3.8) is 0 Å². The summed E-state index contributed by atoms with van der Waals surface area (Å²) in [5, 5.41) is 3.26. The molecule has 1 amide bonds. The number of aromatic nitrogens is 3. The van der Waals surface area contributed by atoms with Crippen LogP contribution in [-0.4, -0.2) is 66.2 Å². The average Bonchev–Trinajstić information content (AvgIpc) is 2.82. The highest BCUT2D eigenvalue weighted by atomic mass is 16.5. The van der Waals surface area contributed by atoms with Gasteiger partial charge in [0.25, 0.3) is 5.91 Å². The molecule has 1 N–H and O–H groups in total. The van der Waals surface area contributed by atoms with E-state index in [1.807, 2.05) is 36.9 Å². The number of aryl methyl sites for hydroxylation is 2. The van der Waals surface area contributed by atoms with Gasteiger partial charge in [-0.1, -0.05) is 6.07 Å². The molecular formula is C24H28N6O3. The number of nitrogens with zero attached hydrogens (tertiary/aromatic N) is 5. The van der Waals surface area contributed by atoms with E-state index in [1.54, 1.807) is 38.6 Å². The van der Waals surface area contributed by atoms with Gasteiger partial charge < -0.3 is 24.6 Å². The van der Waals surface area contributed by atoms with Gasteiger partial charge in [-0.2, -0.15) is 0 Å². The number of anilines is 3. The van der Waals surface area contributed by atoms with Crippen molar-refractivity contribution in [2.45, 2.75) is 13.8 Å². The summed E-state index contributed by atoms with van der Waals surface area (Å²) in [4.78, 5) is 30.6. The Labute approximate surface area is 193 Å². The minimum Gasteiger partial charge on any atom is -0.493 e. The van der Waals surface area contributed by atoms with Gasteiger partial charge in [0.15, 0.2) is 11.5 Å². The van der Waals surface area contributed by atoms with E-state index in [4.69, 9.17) is 9.47 Å². The molecule has 0 aliphatic carbocycles. The van der Waals surface area contributed by atoms with E-state index >= 15 is 0 Å². The van der Waals surface area contributed by atoms with Crippen LogP contribution in [0, 0.1) is 13.8 Å². The van der Waals surface area contributed by atoms with Gasteiger partial charge in [-0.25, -0.2) is 15.0 Å². The largest absolute Gasteiger partial charge is 0.493 e. The van der Waals surface area contributed by atoms with E-state index in [9.17, 15) is 4.79 Å². The van der Waals surface area contributed by atoms with Crippen LogP contribution in [0.5, 0.6) is 11.5 Å². The van der Waals surface area contributed by atoms with Crippen molar-refractivity contribution >= 4 is 23.4 Å². The molecule has 0 saturated carbocycles. The van der Waals surface area contributed by atoms with Crippen molar-refractivity contribution in [1.29, 1.82) is 0 Å². The van der Waals surface area contributed by atoms with Gasteiger partial charge in [0, 0.05) is 38.4 Å². The third-order valence-electron chi connectivity index (χ3n) is 5.52. The van der Waals surface area contributed by atoms with Crippen LogP contribution < -0.4 is 19.7 Å². The molecule has 1 aliphatic heterocycles. The third kappa shape index (κ3) is 4.97. The maximum Gasteiger partial charge on any atom is 0.257 e. The molecule has 3 aromatic rings. The summed E-state index contributed by atoms with van der Waals surface area (Å²) in [5.41, 5.74) is 1.62. The van der Waals surface area contributed by atoms with E-state index < -0.39 is 0 Å². The maximum absolute atomic E-state index is 13.2. The number of nitrogens with one attached hydrogen (secondary N) is 1. The number of pyridine rings is 1. The third-order valence-corrected chi connectivity index (χ3v) is 5.52. The molecule has 1 saturated heterocycles. The van der Waals surface area contributed by atoms with Gasteiger partial charge in [-0.3, -0.25) is 4.79 Å². The normalized spacial score (nSPS) is 13.6. The maximum atomic E-state index is 13.2. The van der Waals surface area contributed by atoms with Gasteiger partial charge in [0.1, 0.15) is 23.3 Å². The molecule has 9 nitrogen and oxygen atoms in total. The monoisotopic (exact) mass is 448 g/mol. The second-order valence-corrected chi connectivity index (χ2v) is 7.82. The number of methoxy groups -OCH3 is 2. The number of piperazine rings is 1. The zero-order valence-electron chi connectivity index (χ0n) is 19.3. The van der Waals surface area contributed by atoms with Crippen LogP contribution >= 0.6 is 0 Å². The topological polar surface area (TPSA) is 92.7 Å². The van der Waals surface area contributed by atoms with Crippen LogP contribution in [0.1, 0.15) is 21.7 Å². The Balaban J connectivity index is 1.46. The number of hydrogen-bond donors (Lipinski definition) is 1. The highest BCUT2D eigenvalue weighted by Crippen LogP contribution is 2.32. The molecule has 0 radical (unpaired) electrons. The first-order chi connectivity index (χ1) is 16.0. The lowest BCUT2D eigenvalue weighted by atomic mass is 10.1. The van der Waals surface area contributed by atoms with Crippen molar-refractivity contribution in [2.75, 3.05) is 50.6 Å². The Bertz CT molecular complexity index is 1140. The standard InChI is InChI=1S/C24H28N6O3/c1-16-8-9-25-20(14-16)28-21-15-22(27-17(2)26-21)29-10-12-30(13-11-29)24(31)18-6-5-7-19(32-3)23(18)33-4/h5-9,14-15H,10-13H2,1-4H3,(H,25,26,27,28). The number of rotatable bonds is 6. The smallest absolute Gasteiger partial charge is 0.257 e. The lowest BCUT2D eigenvalue weighted by Crippen LogP contribution is -2.49. The summed E-state index contributed by atoms with van der Waals surface area (Å²) in [7, 11) is 3.11. The van der Waals surface area contributed by atoms with Crippen LogP contribution in [0.25, 0.3) is 0 Å². The summed E-state index contributed by atoms with van der Waals surface area (Å²) in [5.74, 6) is 3.85. The first kappa shape index (κ1) is 22.3. The highest BCUT2D eigenvalue weighted by molar-refractivity contribution is 5.98. The van der Waals surface area contributed by atoms with Crippen LogP contribution in [0.15, 0.2) is 42.6 Å². The van der Waals surface area contributed by atoms with Gasteiger partial charge in [-0.05, 0) is 43.7 Å². The van der Waals surface area contributed by atoms with Gasteiger partial charge >= 0.3 is 0 Å². The predicted octanol–water partition coefficient (Wildman–Crippen LogP) is 3.21. The molecule has 1 aromatic carbocycles. The van der Waals surface area contributed by atoms with Crippen LogP contribution in [-0.2, 0) is 0 Å². The summed E-state index contributed by atoms with van der Waals surface area (Å²) >= 11 is 0. The zero-order valence-corrected chi connectivity index (χ0v) is 19.3. The molecule has 9 heteroatoms. The summed E-state index contributed by atoms with van der Waals surface area (Å²) in [6.07, 6.45) is 1.76. The molecule has 0 bridgehead atoms. The minimum absolute atomic E-state index is 0.0721.